The van der Waals surface area contributed by atoms with Gasteiger partial charge in [-0.05, 0) is 28.2 Å². The number of fused-ring (bicyclic) bond motifs is 3. The van der Waals surface area contributed by atoms with E-state index in [1.807, 2.05) is 48.5 Å². The third kappa shape index (κ3) is 4.72. The highest BCUT2D eigenvalue weighted by atomic mass is 19.3. The first kappa shape index (κ1) is 24.6. The molecule has 186 valence electrons. The first-order valence-corrected chi connectivity index (χ1v) is 11.7. The number of halogens is 2. The molecule has 0 bridgehead atoms. The fraction of sp³-hybridized carbons (Fsp3) is 0.423. The van der Waals surface area contributed by atoms with E-state index in [9.17, 15) is 28.3 Å². The number of aliphatic carboxylic acids is 1. The quantitative estimate of drug-likeness (QED) is 0.497. The number of hydrogen-bond donors (Lipinski definition) is 3. The molecule has 4 rings (SSSR count). The second-order valence-corrected chi connectivity index (χ2v) is 9.18. The number of rotatable bonds is 9. The molecule has 4 atom stereocenters. The van der Waals surface area contributed by atoms with Gasteiger partial charge in [0, 0.05) is 12.5 Å². The number of amides is 2. The maximum atomic E-state index is 14.3. The molecule has 9 heteroatoms. The van der Waals surface area contributed by atoms with Crippen LogP contribution in [0.15, 0.2) is 48.5 Å². The minimum atomic E-state index is -3.33. The molecular weight excluding hydrogens is 458 g/mol. The molecule has 0 saturated heterocycles. The van der Waals surface area contributed by atoms with Crippen molar-refractivity contribution in [2.45, 2.75) is 38.2 Å². The van der Waals surface area contributed by atoms with Crippen LogP contribution in [0.4, 0.5) is 13.6 Å². The summed E-state index contributed by atoms with van der Waals surface area (Å²) < 4.78 is 33.9. The lowest BCUT2D eigenvalue weighted by molar-refractivity contribution is -0.144. The van der Waals surface area contributed by atoms with Crippen molar-refractivity contribution in [3.05, 3.63) is 59.7 Å². The van der Waals surface area contributed by atoms with E-state index in [0.29, 0.717) is 6.42 Å². The number of alkyl carbamates (subject to hydrolysis) is 1. The van der Waals surface area contributed by atoms with Crippen LogP contribution in [-0.4, -0.2) is 48.2 Å². The molecule has 1 saturated carbocycles. The fourth-order valence-corrected chi connectivity index (χ4v) is 4.77. The molecule has 2 amide bonds. The Morgan fingerprint density at radius 1 is 1.06 bits per heavy atom. The monoisotopic (exact) mass is 486 g/mol. The van der Waals surface area contributed by atoms with E-state index in [2.05, 4.69) is 10.6 Å². The zero-order chi connectivity index (χ0) is 25.3. The van der Waals surface area contributed by atoms with Crippen molar-refractivity contribution in [2.24, 2.45) is 17.8 Å². The molecule has 35 heavy (non-hydrogen) atoms. The summed E-state index contributed by atoms with van der Waals surface area (Å²) in [5, 5.41) is 13.8. The average molecular weight is 487 g/mol. The van der Waals surface area contributed by atoms with E-state index in [1.165, 1.54) is 0 Å². The van der Waals surface area contributed by atoms with E-state index < -0.39 is 54.2 Å². The van der Waals surface area contributed by atoms with Gasteiger partial charge >= 0.3 is 12.1 Å². The van der Waals surface area contributed by atoms with Crippen molar-refractivity contribution in [1.29, 1.82) is 0 Å². The van der Waals surface area contributed by atoms with E-state index in [0.717, 1.165) is 22.3 Å². The highest BCUT2D eigenvalue weighted by Crippen LogP contribution is 2.55. The number of nitrogens with one attached hydrogen (secondary N) is 2. The zero-order valence-electron chi connectivity index (χ0n) is 19.5. The topological polar surface area (TPSA) is 105 Å². The lowest BCUT2D eigenvalue weighted by atomic mass is 9.98. The molecule has 3 N–H and O–H groups in total. The largest absolute Gasteiger partial charge is 0.480 e. The first-order valence-electron chi connectivity index (χ1n) is 11.7. The number of carboxylic acid groups (broad SMARTS) is 1. The van der Waals surface area contributed by atoms with Gasteiger partial charge in [-0.15, -0.1) is 0 Å². The Bertz CT molecular complexity index is 1090. The first-order chi connectivity index (χ1) is 16.7. The number of carboxylic acids is 1. The van der Waals surface area contributed by atoms with Gasteiger partial charge in [-0.3, -0.25) is 4.79 Å². The third-order valence-electron chi connectivity index (χ3n) is 7.07. The van der Waals surface area contributed by atoms with Gasteiger partial charge in [0.25, 0.3) is 5.92 Å². The van der Waals surface area contributed by atoms with Crippen molar-refractivity contribution >= 4 is 18.0 Å². The molecular formula is C26H28F2N2O5. The Balaban J connectivity index is 1.32. The van der Waals surface area contributed by atoms with E-state index in [-0.39, 0.29) is 12.5 Å². The fourth-order valence-electron chi connectivity index (χ4n) is 4.77. The molecule has 0 aliphatic heterocycles. The average Bonchev–Trinajstić information content (AvgIpc) is 3.25. The van der Waals surface area contributed by atoms with Crippen LogP contribution in [0.5, 0.6) is 0 Å². The molecule has 2 aliphatic rings. The Hall–Kier alpha value is -3.49. The lowest BCUT2D eigenvalue weighted by Gasteiger charge is -2.20. The molecule has 0 spiro atoms. The third-order valence-corrected chi connectivity index (χ3v) is 7.07. The van der Waals surface area contributed by atoms with Gasteiger partial charge in [-0.25, -0.2) is 18.4 Å². The molecule has 0 heterocycles. The SMILES string of the molecule is CC[C@H](C)[C@H](NC(=O)C1C(CNC(=O)OCC2c3ccccc3-c3ccccc32)C1(F)F)C(=O)O. The van der Waals surface area contributed by atoms with Crippen LogP contribution < -0.4 is 10.6 Å². The van der Waals surface area contributed by atoms with Gasteiger partial charge < -0.3 is 20.5 Å². The molecule has 1 fully saturated rings. The van der Waals surface area contributed by atoms with Crippen LogP contribution in [0.1, 0.15) is 37.3 Å². The van der Waals surface area contributed by atoms with Gasteiger partial charge in [0.1, 0.15) is 18.6 Å². The minimum Gasteiger partial charge on any atom is -0.480 e. The van der Waals surface area contributed by atoms with Gasteiger partial charge in [0.2, 0.25) is 5.91 Å². The Kier molecular flexibility index (Phi) is 6.78. The maximum Gasteiger partial charge on any atom is 0.407 e. The standard InChI is InChI=1S/C26H28F2N2O5/c1-3-14(2)22(24(32)33)30-23(31)21-20(26(21,27)28)12-29-25(34)35-13-19-17-10-6-4-8-15(17)16-9-5-7-11-18(16)19/h4-11,14,19-22H,3,12-13H2,1-2H3,(H,29,34)(H,30,31)(H,32,33)/t14-,20?,21?,22-/m0/s1. The van der Waals surface area contributed by atoms with Gasteiger partial charge in [0.05, 0.1) is 5.92 Å². The summed E-state index contributed by atoms with van der Waals surface area (Å²) in [6.07, 6.45) is -0.387. The zero-order valence-corrected chi connectivity index (χ0v) is 19.5. The van der Waals surface area contributed by atoms with Crippen LogP contribution in [0.3, 0.4) is 0 Å². The van der Waals surface area contributed by atoms with E-state index in [4.69, 9.17) is 4.74 Å². The van der Waals surface area contributed by atoms with Gasteiger partial charge in [-0.2, -0.15) is 0 Å². The van der Waals surface area contributed by atoms with Crippen molar-refractivity contribution in [2.75, 3.05) is 13.2 Å². The lowest BCUT2D eigenvalue weighted by Crippen LogP contribution is -2.46. The van der Waals surface area contributed by atoms with Crippen LogP contribution in [0.2, 0.25) is 0 Å². The summed E-state index contributed by atoms with van der Waals surface area (Å²) >= 11 is 0. The minimum absolute atomic E-state index is 0.0417. The van der Waals surface area contributed by atoms with Crippen LogP contribution in [-0.2, 0) is 14.3 Å². The number of carbonyl (C=O) groups is 3. The van der Waals surface area contributed by atoms with Crippen LogP contribution in [0, 0.1) is 17.8 Å². The van der Waals surface area contributed by atoms with Crippen molar-refractivity contribution in [3.63, 3.8) is 0 Å². The highest BCUT2D eigenvalue weighted by Gasteiger charge is 2.71. The molecule has 2 unspecified atom stereocenters. The van der Waals surface area contributed by atoms with Gasteiger partial charge in [-0.1, -0.05) is 68.8 Å². The number of alkyl halides is 2. The second-order valence-electron chi connectivity index (χ2n) is 9.18. The molecule has 2 aliphatic carbocycles. The summed E-state index contributed by atoms with van der Waals surface area (Å²) in [6, 6.07) is 14.4. The maximum absolute atomic E-state index is 14.3. The van der Waals surface area contributed by atoms with Crippen molar-refractivity contribution in [3.8, 4) is 11.1 Å². The predicted octanol–water partition coefficient (Wildman–Crippen LogP) is 4.02. The van der Waals surface area contributed by atoms with Crippen LogP contribution >= 0.6 is 0 Å². The second kappa shape index (κ2) is 9.64. The Morgan fingerprint density at radius 3 is 2.17 bits per heavy atom. The van der Waals surface area contributed by atoms with Gasteiger partial charge in [0.15, 0.2) is 0 Å². The molecule has 0 aromatic heterocycles. The Labute approximate surface area is 201 Å². The normalized spacial score (nSPS) is 21.3. The Morgan fingerprint density at radius 2 is 1.63 bits per heavy atom. The summed E-state index contributed by atoms with van der Waals surface area (Å²) in [5.41, 5.74) is 4.20. The summed E-state index contributed by atoms with van der Waals surface area (Å²) in [6.45, 7) is 2.96. The van der Waals surface area contributed by atoms with Crippen molar-refractivity contribution < 1.29 is 33.0 Å². The molecule has 2 aromatic carbocycles. The highest BCUT2D eigenvalue weighted by molar-refractivity contribution is 5.88. The molecule has 0 radical (unpaired) electrons. The number of hydrogen-bond acceptors (Lipinski definition) is 4. The van der Waals surface area contributed by atoms with Crippen molar-refractivity contribution in [1.82, 2.24) is 10.6 Å². The number of benzene rings is 2. The number of ether oxygens (including phenoxy) is 1. The number of carbonyl (C=O) groups excluding carboxylic acids is 2. The van der Waals surface area contributed by atoms with Crippen LogP contribution in [0.25, 0.3) is 11.1 Å². The molecule has 2 aromatic rings. The summed E-state index contributed by atoms with van der Waals surface area (Å²) in [5.74, 6) is -9.33. The van der Waals surface area contributed by atoms with E-state index in [1.54, 1.807) is 13.8 Å². The predicted molar refractivity (Wildman–Crippen MR) is 124 cm³/mol. The summed E-state index contributed by atoms with van der Waals surface area (Å²) in [4.78, 5) is 36.0. The smallest absolute Gasteiger partial charge is 0.407 e. The summed E-state index contributed by atoms with van der Waals surface area (Å²) in [7, 11) is 0. The van der Waals surface area contributed by atoms with E-state index >= 15 is 0 Å². The molecule has 7 nitrogen and oxygen atoms in total.